The highest BCUT2D eigenvalue weighted by molar-refractivity contribution is 8.00. The molecule has 0 aromatic carbocycles. The minimum Gasteiger partial charge on any atom is -0.383 e. The molecule has 5 heterocycles. The third-order valence-corrected chi connectivity index (χ3v) is 14.3. The second-order valence-corrected chi connectivity index (χ2v) is 18.9. The van der Waals surface area contributed by atoms with Crippen LogP contribution in [0.3, 0.4) is 0 Å². The molecule has 2 aromatic rings. The van der Waals surface area contributed by atoms with Crippen molar-refractivity contribution < 1.29 is 65.5 Å². The van der Waals surface area contributed by atoms with Crippen LogP contribution in [0.5, 0.6) is 0 Å². The third kappa shape index (κ3) is 13.2. The number of rotatable bonds is 20. The number of nitrogen functional groups attached to an aromatic ring is 1. The van der Waals surface area contributed by atoms with E-state index in [0.29, 0.717) is 60.5 Å². The van der Waals surface area contributed by atoms with E-state index in [1.165, 1.54) is 6.33 Å². The van der Waals surface area contributed by atoms with Gasteiger partial charge in [-0.05, 0) is 38.5 Å². The molecule has 3 fully saturated rings. The molecule has 0 saturated carbocycles. The zero-order chi connectivity index (χ0) is 40.5. The molecule has 3 saturated heterocycles. The zero-order valence-electron chi connectivity index (χ0n) is 30.0. The van der Waals surface area contributed by atoms with Crippen molar-refractivity contribution in [3.05, 3.63) is 18.1 Å². The number of aromatic nitrogens is 3. The van der Waals surface area contributed by atoms with Gasteiger partial charge in [-0.3, -0.25) is 14.1 Å². The third-order valence-electron chi connectivity index (χ3n) is 8.95. The van der Waals surface area contributed by atoms with E-state index in [1.54, 1.807) is 10.8 Å². The molecule has 22 nitrogen and oxygen atoms in total. The average Bonchev–Trinajstić information content (AvgIpc) is 3.88. The molecule has 26 heteroatoms. The van der Waals surface area contributed by atoms with Crippen molar-refractivity contribution in [1.82, 2.24) is 35.8 Å². The lowest BCUT2D eigenvalue weighted by Crippen LogP contribution is -2.36. The molecule has 0 bridgehead atoms. The quantitative estimate of drug-likeness (QED) is 0.0397. The Bertz CT molecular complexity index is 1960. The monoisotopic (exact) mass is 866 g/mol. The van der Waals surface area contributed by atoms with Crippen LogP contribution in [0.25, 0.3) is 11.0 Å². The lowest BCUT2D eigenvalue weighted by Gasteiger charge is -2.19. The number of nitrogens with two attached hydrogens (primary N) is 1. The van der Waals surface area contributed by atoms with Crippen LogP contribution in [-0.4, -0.2) is 101 Å². The van der Waals surface area contributed by atoms with Gasteiger partial charge in [0.2, 0.25) is 11.8 Å². The van der Waals surface area contributed by atoms with Crippen molar-refractivity contribution in [2.45, 2.75) is 93.9 Å². The van der Waals surface area contributed by atoms with E-state index in [9.17, 15) is 37.9 Å². The number of thioether (sulfide) groups is 1. The Labute approximate surface area is 325 Å². The number of phosphoric ester groups is 1. The second-order valence-electron chi connectivity index (χ2n) is 13.2. The van der Waals surface area contributed by atoms with Crippen LogP contribution in [0.1, 0.15) is 76.0 Å². The fraction of sp³-hybridized carbons (Fsp3) is 0.633. The van der Waals surface area contributed by atoms with Gasteiger partial charge in [0.05, 0.1) is 42.3 Å². The van der Waals surface area contributed by atoms with Gasteiger partial charge < -0.3 is 55.9 Å². The topological polar surface area (TPSA) is 325 Å². The van der Waals surface area contributed by atoms with E-state index in [-0.39, 0.29) is 42.3 Å². The summed E-state index contributed by atoms with van der Waals surface area (Å²) in [6, 6.07) is 0.279. The molecule has 4 amide bonds. The number of urea groups is 1. The number of hydrogen-bond acceptors (Lipinski definition) is 14. The smallest absolute Gasteiger partial charge is 0.383 e. The first-order valence-corrected chi connectivity index (χ1v) is 23.3. The molecule has 310 valence electrons. The van der Waals surface area contributed by atoms with Crippen molar-refractivity contribution in [3.63, 3.8) is 0 Å². The van der Waals surface area contributed by atoms with Crippen molar-refractivity contribution in [2.24, 2.45) is 0 Å². The fourth-order valence-electron chi connectivity index (χ4n) is 6.47. The number of amides is 4. The lowest BCUT2D eigenvalue weighted by molar-refractivity contribution is -0.122. The summed E-state index contributed by atoms with van der Waals surface area (Å²) in [6.07, 6.45) is 7.69. The van der Waals surface area contributed by atoms with Gasteiger partial charge in [0.1, 0.15) is 24.0 Å². The van der Waals surface area contributed by atoms with Crippen LogP contribution >= 0.6 is 35.2 Å². The summed E-state index contributed by atoms with van der Waals surface area (Å²) in [5.41, 5.74) is 6.97. The Balaban J connectivity index is 0.980. The molecular formula is C30H45N8O14P3S. The molecule has 0 spiro atoms. The van der Waals surface area contributed by atoms with Crippen LogP contribution < -0.4 is 27.0 Å². The first-order chi connectivity index (χ1) is 26.5. The van der Waals surface area contributed by atoms with E-state index >= 15 is 0 Å². The predicted molar refractivity (Wildman–Crippen MR) is 200 cm³/mol. The van der Waals surface area contributed by atoms with Gasteiger partial charge >= 0.3 is 29.5 Å². The molecule has 10 N–H and O–H groups in total. The van der Waals surface area contributed by atoms with Gasteiger partial charge in [-0.1, -0.05) is 24.7 Å². The molecule has 7 atom stereocenters. The number of unbranched alkanes of at least 4 members (excludes halogenated alkanes) is 3. The molecular weight excluding hydrogens is 821 g/mol. The molecule has 56 heavy (non-hydrogen) atoms. The first-order valence-electron chi connectivity index (χ1n) is 17.7. The highest BCUT2D eigenvalue weighted by atomic mass is 32.2. The van der Waals surface area contributed by atoms with Crippen molar-refractivity contribution in [3.8, 4) is 11.8 Å². The highest BCUT2D eigenvalue weighted by Gasteiger charge is 2.43. The summed E-state index contributed by atoms with van der Waals surface area (Å²) in [7, 11) is -16.5. The number of phosphoric acid groups is 3. The number of ether oxygens (including phenoxy) is 1. The van der Waals surface area contributed by atoms with Gasteiger partial charge in [-0.25, -0.2) is 28.5 Å². The average molecular weight is 867 g/mol. The summed E-state index contributed by atoms with van der Waals surface area (Å²) >= 11 is 1.87. The van der Waals surface area contributed by atoms with Gasteiger partial charge in [0.25, 0.3) is 0 Å². The fourth-order valence-corrected chi connectivity index (χ4v) is 11.1. The largest absolute Gasteiger partial charge is 0.490 e. The number of carbonyl (C=O) groups is 3. The minimum absolute atomic E-state index is 0.0122. The van der Waals surface area contributed by atoms with Gasteiger partial charge in [-0.2, -0.15) is 20.4 Å². The molecule has 3 aliphatic rings. The zero-order valence-corrected chi connectivity index (χ0v) is 33.5. The second kappa shape index (κ2) is 19.6. The van der Waals surface area contributed by atoms with Crippen LogP contribution in [0.15, 0.2) is 12.5 Å². The molecule has 2 aromatic heterocycles. The Morgan fingerprint density at radius 2 is 1.75 bits per heavy atom. The molecule has 0 aliphatic carbocycles. The highest BCUT2D eigenvalue weighted by Crippen LogP contribution is 2.66. The molecule has 3 aliphatic heterocycles. The number of nitrogens with one attached hydrogen (secondary N) is 4. The SMILES string of the molecule is Nc1ncnc2c1c(C#CCNC(=O)CCCCCNC(=O)CCCC[C@@H]1SC[C@@H]3NC(=O)N[C@@H]31)cn2[C@H]1CC[C@@H](COP(=O)(O)OP(=O)(O)OP(=O)(O)O)O1. The maximum Gasteiger partial charge on any atom is 0.490 e. The van der Waals surface area contributed by atoms with Crippen LogP contribution in [0.2, 0.25) is 0 Å². The Hall–Kier alpha value is -3.09. The van der Waals surface area contributed by atoms with E-state index in [1.807, 2.05) is 11.8 Å². The minimum atomic E-state index is -5.65. The van der Waals surface area contributed by atoms with Gasteiger partial charge in [0, 0.05) is 36.6 Å². The van der Waals surface area contributed by atoms with Crippen molar-refractivity contribution >= 4 is 69.9 Å². The predicted octanol–water partition coefficient (Wildman–Crippen LogP) is 1.90. The summed E-state index contributed by atoms with van der Waals surface area (Å²) < 4.78 is 54.2. The molecule has 5 rings (SSSR count). The molecule has 0 radical (unpaired) electrons. The number of fused-ring (bicyclic) bond motifs is 2. The number of carbonyl (C=O) groups excluding carboxylic acids is 3. The van der Waals surface area contributed by atoms with E-state index in [2.05, 4.69) is 51.7 Å². The maximum atomic E-state index is 12.4. The molecule has 2 unspecified atom stereocenters. The summed E-state index contributed by atoms with van der Waals surface area (Å²) in [4.78, 5) is 80.9. The van der Waals surface area contributed by atoms with Gasteiger partial charge in [0.15, 0.2) is 0 Å². The van der Waals surface area contributed by atoms with E-state index < -0.39 is 42.4 Å². The van der Waals surface area contributed by atoms with Gasteiger partial charge in [-0.15, -0.1) is 0 Å². The Kier molecular flexibility index (Phi) is 15.4. The van der Waals surface area contributed by atoms with Crippen LogP contribution in [-0.2, 0) is 41.2 Å². The summed E-state index contributed by atoms with van der Waals surface area (Å²) in [5, 5.41) is 12.4. The first kappa shape index (κ1) is 44.0. The summed E-state index contributed by atoms with van der Waals surface area (Å²) in [6.45, 7) is 0.00831. The summed E-state index contributed by atoms with van der Waals surface area (Å²) in [5.74, 6) is 6.77. The Morgan fingerprint density at radius 1 is 1.00 bits per heavy atom. The number of nitrogens with zero attached hydrogens (tertiary/aromatic N) is 3. The van der Waals surface area contributed by atoms with E-state index in [0.717, 1.165) is 37.9 Å². The van der Waals surface area contributed by atoms with Crippen molar-refractivity contribution in [1.29, 1.82) is 0 Å². The van der Waals surface area contributed by atoms with Crippen LogP contribution in [0, 0.1) is 11.8 Å². The maximum absolute atomic E-state index is 12.4. The van der Waals surface area contributed by atoms with Crippen molar-refractivity contribution in [2.75, 3.05) is 31.2 Å². The standard InChI is InChI=1S/C30H45N8O14P3S/c31-28-26-19(15-38(29(26)35-18-34-28)25-12-11-20(50-25)16-49-54(45,46)52-55(47,48)51-53(42,43)44)7-6-14-33-23(39)9-2-1-5-13-32-24(40)10-4-3-8-22-27-21(17-56-22)36-30(41)37-27/h15,18,20-22,25,27H,1-5,8-14,16-17H2,(H,32,40)(H,33,39)(H,45,46)(H,47,48)(H2,31,34,35)(H2,36,37,41)(H2,42,43,44)/t20-,21-,22-,25+,27-/m0/s1. The number of hydrogen-bond donors (Lipinski definition) is 9. The normalized spacial score (nSPS) is 24.0. The van der Waals surface area contributed by atoms with Crippen LogP contribution in [0.4, 0.5) is 10.6 Å². The lowest BCUT2D eigenvalue weighted by atomic mass is 10.0. The number of anilines is 1. The van der Waals surface area contributed by atoms with E-state index in [4.69, 9.17) is 24.8 Å². The Morgan fingerprint density at radius 3 is 2.52 bits per heavy atom.